The summed E-state index contributed by atoms with van der Waals surface area (Å²) in [5.74, 6) is 0.0962. The standard InChI is InChI=1S/C25H29ClN3O/c1-3-29(4-2)20-9-7-19(8-10-20)28-24-13-14-27-23-11-5-17(15-21(23)24)18-6-12-25(30)22(26)16-18/h5-6,11-12,14-16,19-20,30H,3-4,7-10H2,1-2H3,(H,27,28). The Morgan fingerprint density at radius 2 is 1.77 bits per heavy atom. The number of hydrogen-bond donors (Lipinski definition) is 2. The molecule has 1 radical (unpaired) electrons. The second-order valence-corrected chi connectivity index (χ2v) is 8.45. The SMILES string of the molecule is CCN(CC)C1CCC(Nc2[c]cnc3ccc(-c4ccc(O)c(Cl)c4)cc23)CC1. The normalized spacial score (nSPS) is 19.3. The molecule has 1 aromatic heterocycles. The van der Waals surface area contributed by atoms with Gasteiger partial charge in [0.25, 0.3) is 0 Å². The zero-order valence-electron chi connectivity index (χ0n) is 17.7. The molecule has 1 aliphatic carbocycles. The molecule has 0 amide bonds. The number of rotatable bonds is 6. The third kappa shape index (κ3) is 4.40. The van der Waals surface area contributed by atoms with Crippen molar-refractivity contribution >= 4 is 28.2 Å². The number of pyridine rings is 1. The molecule has 4 rings (SSSR count). The van der Waals surface area contributed by atoms with Gasteiger partial charge < -0.3 is 15.3 Å². The quantitative estimate of drug-likeness (QED) is 0.502. The second-order valence-electron chi connectivity index (χ2n) is 8.05. The molecule has 2 N–H and O–H groups in total. The van der Waals surface area contributed by atoms with Crippen molar-refractivity contribution in [2.24, 2.45) is 0 Å². The Morgan fingerprint density at radius 3 is 2.47 bits per heavy atom. The zero-order chi connectivity index (χ0) is 21.1. The first kappa shape index (κ1) is 21.0. The van der Waals surface area contributed by atoms with E-state index in [0.717, 1.165) is 40.8 Å². The fourth-order valence-corrected chi connectivity index (χ4v) is 4.79. The van der Waals surface area contributed by atoms with Crippen LogP contribution in [0.1, 0.15) is 39.5 Å². The molecule has 1 aliphatic rings. The lowest BCUT2D eigenvalue weighted by molar-refractivity contribution is 0.167. The van der Waals surface area contributed by atoms with Crippen LogP contribution >= 0.6 is 11.6 Å². The van der Waals surface area contributed by atoms with Crippen LogP contribution in [0.15, 0.2) is 42.6 Å². The molecular weight excluding hydrogens is 394 g/mol. The summed E-state index contributed by atoms with van der Waals surface area (Å²) in [4.78, 5) is 7.07. The number of halogens is 1. The van der Waals surface area contributed by atoms with Crippen molar-refractivity contribution in [2.45, 2.75) is 51.6 Å². The van der Waals surface area contributed by atoms with Crippen molar-refractivity contribution < 1.29 is 5.11 Å². The van der Waals surface area contributed by atoms with E-state index in [2.05, 4.69) is 41.2 Å². The number of nitrogens with one attached hydrogen (secondary N) is 1. The van der Waals surface area contributed by atoms with Gasteiger partial charge in [0.15, 0.2) is 0 Å². The molecule has 0 spiro atoms. The maximum absolute atomic E-state index is 9.71. The highest BCUT2D eigenvalue weighted by molar-refractivity contribution is 6.32. The van der Waals surface area contributed by atoms with Gasteiger partial charge in [0.05, 0.1) is 16.2 Å². The number of nitrogens with zero attached hydrogens (tertiary/aromatic N) is 2. The molecule has 4 nitrogen and oxygen atoms in total. The lowest BCUT2D eigenvalue weighted by atomic mass is 9.89. The minimum Gasteiger partial charge on any atom is -0.506 e. The minimum atomic E-state index is 0.0962. The van der Waals surface area contributed by atoms with E-state index >= 15 is 0 Å². The molecule has 3 aromatic rings. The first-order valence-corrected chi connectivity index (χ1v) is 11.3. The van der Waals surface area contributed by atoms with Gasteiger partial charge in [-0.15, -0.1) is 0 Å². The number of aromatic hydroxyl groups is 1. The molecule has 5 heteroatoms. The van der Waals surface area contributed by atoms with Gasteiger partial charge in [-0.2, -0.15) is 0 Å². The van der Waals surface area contributed by atoms with E-state index in [9.17, 15) is 5.11 Å². The van der Waals surface area contributed by atoms with Crippen LogP contribution in [0.3, 0.4) is 0 Å². The van der Waals surface area contributed by atoms with Crippen molar-refractivity contribution in [1.82, 2.24) is 9.88 Å². The van der Waals surface area contributed by atoms with Gasteiger partial charge in [0, 0.05) is 29.7 Å². The summed E-state index contributed by atoms with van der Waals surface area (Å²) in [6.45, 7) is 6.77. The molecule has 1 heterocycles. The smallest absolute Gasteiger partial charge is 0.134 e. The van der Waals surface area contributed by atoms with Crippen LogP contribution in [0.5, 0.6) is 5.75 Å². The molecule has 157 valence electrons. The van der Waals surface area contributed by atoms with Gasteiger partial charge >= 0.3 is 0 Å². The third-order valence-corrected chi connectivity index (χ3v) is 6.64. The Morgan fingerprint density at radius 1 is 1.07 bits per heavy atom. The Hall–Kier alpha value is -2.30. The lowest BCUT2D eigenvalue weighted by Crippen LogP contribution is -2.40. The Kier molecular flexibility index (Phi) is 6.45. The maximum atomic E-state index is 9.71. The average molecular weight is 423 g/mol. The molecule has 0 saturated heterocycles. The summed E-state index contributed by atoms with van der Waals surface area (Å²) in [5, 5.41) is 14.9. The number of phenolic OH excluding ortho intramolecular Hbond substituents is 1. The van der Waals surface area contributed by atoms with Gasteiger partial charge in [0.2, 0.25) is 0 Å². The summed E-state index contributed by atoms with van der Waals surface area (Å²) in [5.41, 5.74) is 3.97. The van der Waals surface area contributed by atoms with Crippen LogP contribution in [0, 0.1) is 6.07 Å². The highest BCUT2D eigenvalue weighted by Crippen LogP contribution is 2.33. The minimum absolute atomic E-state index is 0.0962. The topological polar surface area (TPSA) is 48.4 Å². The van der Waals surface area contributed by atoms with E-state index in [0.29, 0.717) is 17.1 Å². The van der Waals surface area contributed by atoms with E-state index in [-0.39, 0.29) is 5.75 Å². The number of benzene rings is 2. The van der Waals surface area contributed by atoms with E-state index in [1.165, 1.54) is 25.7 Å². The van der Waals surface area contributed by atoms with Crippen molar-refractivity contribution in [3.05, 3.63) is 53.7 Å². The fraction of sp³-hybridized carbons (Fsp3) is 0.400. The largest absolute Gasteiger partial charge is 0.506 e. The number of fused-ring (bicyclic) bond motifs is 1. The Bertz CT molecular complexity index is 1010. The van der Waals surface area contributed by atoms with Crippen molar-refractivity contribution in [2.75, 3.05) is 18.4 Å². The molecule has 0 atom stereocenters. The Labute approximate surface area is 183 Å². The summed E-state index contributed by atoms with van der Waals surface area (Å²) < 4.78 is 0. The highest BCUT2D eigenvalue weighted by atomic mass is 35.5. The summed E-state index contributed by atoms with van der Waals surface area (Å²) >= 11 is 6.11. The molecule has 30 heavy (non-hydrogen) atoms. The van der Waals surface area contributed by atoms with E-state index in [1.807, 2.05) is 18.2 Å². The first-order valence-electron chi connectivity index (χ1n) is 10.9. The van der Waals surface area contributed by atoms with Crippen molar-refractivity contribution in [1.29, 1.82) is 0 Å². The molecule has 2 aromatic carbocycles. The fourth-order valence-electron chi connectivity index (χ4n) is 4.61. The molecule has 0 bridgehead atoms. The second kappa shape index (κ2) is 9.23. The predicted molar refractivity (Wildman–Crippen MR) is 125 cm³/mol. The van der Waals surface area contributed by atoms with Crippen molar-refractivity contribution in [3.8, 4) is 16.9 Å². The van der Waals surface area contributed by atoms with Gasteiger partial charge in [0.1, 0.15) is 5.75 Å². The number of aromatic nitrogens is 1. The molecular formula is C25H29ClN3O. The number of phenols is 1. The first-order chi connectivity index (χ1) is 14.6. The van der Waals surface area contributed by atoms with Gasteiger partial charge in [-0.1, -0.05) is 37.6 Å². The van der Waals surface area contributed by atoms with Crippen LogP contribution < -0.4 is 5.32 Å². The van der Waals surface area contributed by atoms with E-state index < -0.39 is 0 Å². The van der Waals surface area contributed by atoms with Gasteiger partial charge in [-0.3, -0.25) is 4.98 Å². The zero-order valence-corrected chi connectivity index (χ0v) is 18.4. The van der Waals surface area contributed by atoms with E-state index in [4.69, 9.17) is 11.6 Å². The maximum Gasteiger partial charge on any atom is 0.134 e. The van der Waals surface area contributed by atoms with Crippen LogP contribution in [0.2, 0.25) is 5.02 Å². The molecule has 0 aliphatic heterocycles. The summed E-state index contributed by atoms with van der Waals surface area (Å²) in [6.07, 6.45) is 6.57. The molecule has 0 unspecified atom stereocenters. The average Bonchev–Trinajstić information content (AvgIpc) is 2.77. The molecule has 1 saturated carbocycles. The predicted octanol–water partition coefficient (Wildman–Crippen LogP) is 6.13. The van der Waals surface area contributed by atoms with Gasteiger partial charge in [-0.05, 0) is 74.2 Å². The van der Waals surface area contributed by atoms with Crippen LogP contribution in [-0.2, 0) is 0 Å². The highest BCUT2D eigenvalue weighted by Gasteiger charge is 2.24. The lowest BCUT2D eigenvalue weighted by Gasteiger charge is -2.36. The number of anilines is 1. The Balaban J connectivity index is 1.55. The molecule has 1 fully saturated rings. The van der Waals surface area contributed by atoms with Crippen molar-refractivity contribution in [3.63, 3.8) is 0 Å². The van der Waals surface area contributed by atoms with Crippen LogP contribution in [0.25, 0.3) is 22.0 Å². The number of hydrogen-bond acceptors (Lipinski definition) is 4. The summed E-state index contributed by atoms with van der Waals surface area (Å²) in [7, 11) is 0. The summed E-state index contributed by atoms with van der Waals surface area (Å²) in [6, 6.07) is 16.0. The monoisotopic (exact) mass is 422 g/mol. The van der Waals surface area contributed by atoms with Crippen LogP contribution in [-0.4, -0.2) is 40.2 Å². The third-order valence-electron chi connectivity index (χ3n) is 6.33. The van der Waals surface area contributed by atoms with Crippen LogP contribution in [0.4, 0.5) is 5.69 Å². The van der Waals surface area contributed by atoms with Gasteiger partial charge in [-0.25, -0.2) is 0 Å². The van der Waals surface area contributed by atoms with E-state index in [1.54, 1.807) is 18.3 Å².